The number of aliphatic hydroxyl groups is 1. The lowest BCUT2D eigenvalue weighted by molar-refractivity contribution is 0.334. The lowest BCUT2D eigenvalue weighted by atomic mass is 10.0. The highest BCUT2D eigenvalue weighted by molar-refractivity contribution is 5.52. The van der Waals surface area contributed by atoms with Crippen molar-refractivity contribution in [2.45, 2.75) is 32.6 Å². The highest BCUT2D eigenvalue weighted by Crippen LogP contribution is 2.27. The minimum atomic E-state index is 0.150. The van der Waals surface area contributed by atoms with Crippen LogP contribution in [-0.4, -0.2) is 11.7 Å². The average Bonchev–Trinajstić information content (AvgIpc) is 2.48. The molecule has 1 aliphatic carbocycles. The van der Waals surface area contributed by atoms with Gasteiger partial charge in [0.1, 0.15) is 0 Å². The van der Waals surface area contributed by atoms with E-state index in [1.165, 1.54) is 24.8 Å². The molecule has 0 aromatic rings. The maximum atomic E-state index is 9.06. The van der Waals surface area contributed by atoms with Gasteiger partial charge in [0, 0.05) is 0 Å². The normalized spacial score (nSPS) is 16.0. The summed E-state index contributed by atoms with van der Waals surface area (Å²) in [6.07, 6.45) is 8.74. The predicted molar refractivity (Wildman–Crippen MR) is 56.5 cm³/mol. The van der Waals surface area contributed by atoms with Crippen LogP contribution in [0.4, 0.5) is 0 Å². The number of allylic oxidation sites excluding steroid dienone is 3. The van der Waals surface area contributed by atoms with Gasteiger partial charge in [-0.1, -0.05) is 38.5 Å². The molecule has 0 aliphatic heterocycles. The number of rotatable bonds is 5. The lowest BCUT2D eigenvalue weighted by Crippen LogP contribution is -1.92. The summed E-state index contributed by atoms with van der Waals surface area (Å²) in [6.45, 7) is 6.30. The molecule has 13 heavy (non-hydrogen) atoms. The first-order valence-corrected chi connectivity index (χ1v) is 4.99. The second kappa shape index (κ2) is 5.03. The Morgan fingerprint density at radius 2 is 2.08 bits per heavy atom. The summed E-state index contributed by atoms with van der Waals surface area (Å²) in [5.41, 5.74) is 3.40. The molecule has 1 N–H and O–H groups in total. The van der Waals surface area contributed by atoms with E-state index >= 15 is 0 Å². The van der Waals surface area contributed by atoms with Crippen molar-refractivity contribution in [2.75, 3.05) is 6.61 Å². The van der Waals surface area contributed by atoms with Gasteiger partial charge in [-0.05, 0) is 29.6 Å². The van der Waals surface area contributed by atoms with Crippen LogP contribution in [0.3, 0.4) is 0 Å². The van der Waals surface area contributed by atoms with Crippen molar-refractivity contribution in [3.63, 3.8) is 0 Å². The second-order valence-electron chi connectivity index (χ2n) is 3.48. The molecule has 0 unspecified atom stereocenters. The first-order valence-electron chi connectivity index (χ1n) is 4.99. The zero-order valence-corrected chi connectivity index (χ0v) is 8.34. The predicted octanol–water partition coefficient (Wildman–Crippen LogP) is 2.98. The van der Waals surface area contributed by atoms with E-state index in [2.05, 4.69) is 13.5 Å². The van der Waals surface area contributed by atoms with Crippen molar-refractivity contribution in [3.8, 4) is 0 Å². The van der Waals surface area contributed by atoms with Crippen LogP contribution in [0.25, 0.3) is 0 Å². The smallest absolute Gasteiger partial charge is 0.0684 e. The van der Waals surface area contributed by atoms with Gasteiger partial charge in [0.05, 0.1) is 6.61 Å². The van der Waals surface area contributed by atoms with Crippen LogP contribution in [-0.2, 0) is 0 Å². The monoisotopic (exact) mass is 178 g/mol. The van der Waals surface area contributed by atoms with Gasteiger partial charge in [-0.15, -0.1) is 0 Å². The molecule has 0 amide bonds. The third-order valence-electron chi connectivity index (χ3n) is 2.46. The minimum absolute atomic E-state index is 0.150. The van der Waals surface area contributed by atoms with E-state index in [1.807, 2.05) is 12.2 Å². The van der Waals surface area contributed by atoms with Crippen LogP contribution in [0, 0.1) is 0 Å². The Morgan fingerprint density at radius 3 is 2.69 bits per heavy atom. The Hall–Kier alpha value is -0.820. The largest absolute Gasteiger partial charge is 0.392 e. The average molecular weight is 178 g/mol. The van der Waals surface area contributed by atoms with Gasteiger partial charge in [-0.3, -0.25) is 0 Å². The fraction of sp³-hybridized carbons (Fsp3) is 0.500. The number of hydrogen-bond acceptors (Lipinski definition) is 1. The summed E-state index contributed by atoms with van der Waals surface area (Å²) < 4.78 is 0. The fourth-order valence-electron chi connectivity index (χ4n) is 1.63. The molecule has 0 atom stereocenters. The summed E-state index contributed by atoms with van der Waals surface area (Å²) in [5, 5.41) is 9.06. The Bertz CT molecular complexity index is 246. The second-order valence-corrected chi connectivity index (χ2v) is 3.48. The molecule has 0 aromatic heterocycles. The highest BCUT2D eigenvalue weighted by Gasteiger charge is 2.10. The van der Waals surface area contributed by atoms with Crippen molar-refractivity contribution in [1.29, 1.82) is 0 Å². The zero-order chi connectivity index (χ0) is 9.68. The Kier molecular flexibility index (Phi) is 3.97. The third-order valence-corrected chi connectivity index (χ3v) is 2.46. The maximum absolute atomic E-state index is 9.06. The van der Waals surface area contributed by atoms with Crippen LogP contribution < -0.4 is 0 Å². The molecular formula is C12H18O. The molecule has 1 rings (SSSR count). The quantitative estimate of drug-likeness (QED) is 0.642. The molecule has 0 saturated heterocycles. The Labute approximate surface area is 80.5 Å². The summed E-state index contributed by atoms with van der Waals surface area (Å²) >= 11 is 0. The summed E-state index contributed by atoms with van der Waals surface area (Å²) in [5.74, 6) is 0. The maximum Gasteiger partial charge on any atom is 0.0684 e. The van der Waals surface area contributed by atoms with Crippen molar-refractivity contribution < 1.29 is 5.11 Å². The molecule has 72 valence electrons. The number of unbranched alkanes of at least 4 members (excludes halogenated alkanes) is 2. The summed E-state index contributed by atoms with van der Waals surface area (Å²) in [4.78, 5) is 0. The molecule has 0 bridgehead atoms. The van der Waals surface area contributed by atoms with Gasteiger partial charge < -0.3 is 5.11 Å². The molecule has 1 aliphatic rings. The van der Waals surface area contributed by atoms with E-state index < -0.39 is 0 Å². The van der Waals surface area contributed by atoms with Crippen LogP contribution in [0.2, 0.25) is 0 Å². The topological polar surface area (TPSA) is 20.2 Å². The van der Waals surface area contributed by atoms with E-state index in [9.17, 15) is 0 Å². The van der Waals surface area contributed by atoms with Gasteiger partial charge in [0.15, 0.2) is 0 Å². The van der Waals surface area contributed by atoms with E-state index in [0.29, 0.717) is 0 Å². The van der Waals surface area contributed by atoms with Gasteiger partial charge in [0.25, 0.3) is 0 Å². The number of aliphatic hydroxyl groups excluding tert-OH is 1. The van der Waals surface area contributed by atoms with E-state index in [-0.39, 0.29) is 6.61 Å². The zero-order valence-electron chi connectivity index (χ0n) is 8.34. The van der Waals surface area contributed by atoms with Crippen LogP contribution in [0.15, 0.2) is 35.5 Å². The first kappa shape index (κ1) is 10.3. The van der Waals surface area contributed by atoms with Gasteiger partial charge in [-0.25, -0.2) is 0 Å². The molecule has 1 heteroatoms. The van der Waals surface area contributed by atoms with Crippen LogP contribution in [0.5, 0.6) is 0 Å². The van der Waals surface area contributed by atoms with Crippen molar-refractivity contribution in [2.24, 2.45) is 0 Å². The number of hydrogen-bond donors (Lipinski definition) is 1. The summed E-state index contributed by atoms with van der Waals surface area (Å²) in [6, 6.07) is 0. The van der Waals surface area contributed by atoms with Crippen LogP contribution >= 0.6 is 0 Å². The van der Waals surface area contributed by atoms with Crippen molar-refractivity contribution >= 4 is 0 Å². The fourth-order valence-corrected chi connectivity index (χ4v) is 1.63. The first-order chi connectivity index (χ1) is 6.29. The molecule has 0 aromatic carbocycles. The Balaban J connectivity index is 2.51. The standard InChI is InChI=1S/C12H18O/c1-3-4-5-6-12-10(2)7-8-11(12)9-13/h7-8,13H,2-6,9H2,1H3. The molecule has 0 radical (unpaired) electrons. The minimum Gasteiger partial charge on any atom is -0.392 e. The molecule has 1 nitrogen and oxygen atoms in total. The van der Waals surface area contributed by atoms with E-state index in [1.54, 1.807) is 0 Å². The lowest BCUT2D eigenvalue weighted by Gasteiger charge is -2.05. The Morgan fingerprint density at radius 1 is 1.31 bits per heavy atom. The van der Waals surface area contributed by atoms with E-state index in [4.69, 9.17) is 5.11 Å². The van der Waals surface area contributed by atoms with Gasteiger partial charge in [-0.2, -0.15) is 0 Å². The van der Waals surface area contributed by atoms with Gasteiger partial charge in [0.2, 0.25) is 0 Å². The summed E-state index contributed by atoms with van der Waals surface area (Å²) in [7, 11) is 0. The molecular weight excluding hydrogens is 160 g/mol. The third kappa shape index (κ3) is 2.56. The molecule has 0 fully saturated rings. The van der Waals surface area contributed by atoms with Crippen LogP contribution in [0.1, 0.15) is 32.6 Å². The van der Waals surface area contributed by atoms with E-state index in [0.717, 1.165) is 17.6 Å². The van der Waals surface area contributed by atoms with Crippen molar-refractivity contribution in [3.05, 3.63) is 35.5 Å². The van der Waals surface area contributed by atoms with Gasteiger partial charge >= 0.3 is 0 Å². The molecule has 0 spiro atoms. The SMILES string of the molecule is C=C1C=CC(CO)=C1CCCCC. The molecule has 0 saturated carbocycles. The van der Waals surface area contributed by atoms with Crippen molar-refractivity contribution in [1.82, 2.24) is 0 Å². The molecule has 0 heterocycles. The highest BCUT2D eigenvalue weighted by atomic mass is 16.3.